The number of nitrogens with zero attached hydrogens (tertiary/aromatic N) is 3. The fourth-order valence-electron chi connectivity index (χ4n) is 3.97. The van der Waals surface area contributed by atoms with E-state index < -0.39 is 0 Å². The summed E-state index contributed by atoms with van der Waals surface area (Å²) in [5, 5.41) is 3.54. The quantitative estimate of drug-likeness (QED) is 0.382. The van der Waals surface area contributed by atoms with Gasteiger partial charge in [-0.1, -0.05) is 24.3 Å². The van der Waals surface area contributed by atoms with Gasteiger partial charge >= 0.3 is 0 Å². The van der Waals surface area contributed by atoms with Crippen molar-refractivity contribution in [3.63, 3.8) is 0 Å². The maximum Gasteiger partial charge on any atom is 0.193 e. The van der Waals surface area contributed by atoms with Crippen LogP contribution in [0.25, 0.3) is 0 Å². The fraction of sp³-hybridized carbons (Fsp3) is 0.667. The molecule has 1 saturated heterocycles. The molecule has 2 aliphatic rings. The Hall–Kier alpha value is -0.860. The topological polar surface area (TPSA) is 40.1 Å². The first kappa shape index (κ1) is 22.4. The lowest BCUT2D eigenvalue weighted by Crippen LogP contribution is -2.44. The van der Waals surface area contributed by atoms with Gasteiger partial charge in [-0.3, -0.25) is 9.89 Å². The summed E-state index contributed by atoms with van der Waals surface area (Å²) in [6.45, 7) is 7.13. The average molecular weight is 486 g/mol. The van der Waals surface area contributed by atoms with Crippen LogP contribution in [0.2, 0.25) is 0 Å². The maximum atomic E-state index is 5.45. The van der Waals surface area contributed by atoms with Gasteiger partial charge in [0.1, 0.15) is 0 Å². The SMILES string of the molecule is CN=C(NCCN1CCc2ccccc2C1)N(C)CCC1CCOCC1.I. The van der Waals surface area contributed by atoms with Gasteiger partial charge in [-0.15, -0.1) is 24.0 Å². The van der Waals surface area contributed by atoms with Crippen molar-refractivity contribution < 1.29 is 4.74 Å². The molecule has 0 spiro atoms. The first-order valence-corrected chi connectivity index (χ1v) is 10.0. The highest BCUT2D eigenvalue weighted by Crippen LogP contribution is 2.19. The normalized spacial score (nSPS) is 18.5. The van der Waals surface area contributed by atoms with Crippen LogP contribution in [-0.2, 0) is 17.7 Å². The third-order valence-corrected chi connectivity index (χ3v) is 5.71. The van der Waals surface area contributed by atoms with Crippen LogP contribution in [0.15, 0.2) is 29.3 Å². The number of hydrogen-bond acceptors (Lipinski definition) is 3. The zero-order valence-corrected chi connectivity index (χ0v) is 19.2. The molecule has 0 atom stereocenters. The van der Waals surface area contributed by atoms with Crippen molar-refractivity contribution in [2.75, 3.05) is 53.5 Å². The molecule has 2 aliphatic heterocycles. The first-order valence-electron chi connectivity index (χ1n) is 10.0. The Morgan fingerprint density at radius 1 is 1.26 bits per heavy atom. The molecule has 0 radical (unpaired) electrons. The van der Waals surface area contributed by atoms with Crippen LogP contribution < -0.4 is 5.32 Å². The van der Waals surface area contributed by atoms with Crippen molar-refractivity contribution in [2.24, 2.45) is 10.9 Å². The van der Waals surface area contributed by atoms with Gasteiger partial charge in [0.25, 0.3) is 0 Å². The van der Waals surface area contributed by atoms with E-state index in [2.05, 4.69) is 51.4 Å². The number of fused-ring (bicyclic) bond motifs is 1. The number of halogens is 1. The highest BCUT2D eigenvalue weighted by molar-refractivity contribution is 14.0. The lowest BCUT2D eigenvalue weighted by atomic mass is 9.96. The first-order chi connectivity index (χ1) is 12.8. The van der Waals surface area contributed by atoms with Gasteiger partial charge in [-0.2, -0.15) is 0 Å². The summed E-state index contributed by atoms with van der Waals surface area (Å²) in [5.41, 5.74) is 3.00. The third-order valence-electron chi connectivity index (χ3n) is 5.71. The molecule has 5 nitrogen and oxygen atoms in total. The van der Waals surface area contributed by atoms with E-state index >= 15 is 0 Å². The second-order valence-corrected chi connectivity index (χ2v) is 7.53. The standard InChI is InChI=1S/C21H34N4O.HI/c1-22-21(24(2)12-7-18-9-15-26-16-10-18)23-11-14-25-13-8-19-5-3-4-6-20(19)17-25;/h3-6,18H,7-17H2,1-2H3,(H,22,23);1H. The Labute approximate surface area is 181 Å². The van der Waals surface area contributed by atoms with E-state index in [4.69, 9.17) is 4.74 Å². The molecule has 0 aliphatic carbocycles. The van der Waals surface area contributed by atoms with E-state index in [0.717, 1.165) is 64.2 Å². The Balaban J connectivity index is 0.00000261. The lowest BCUT2D eigenvalue weighted by Gasteiger charge is -2.30. The minimum atomic E-state index is 0. The fourth-order valence-corrected chi connectivity index (χ4v) is 3.97. The lowest BCUT2D eigenvalue weighted by molar-refractivity contribution is 0.0625. The number of hydrogen-bond donors (Lipinski definition) is 1. The molecule has 0 aromatic heterocycles. The molecule has 1 fully saturated rings. The molecule has 0 bridgehead atoms. The summed E-state index contributed by atoms with van der Waals surface area (Å²) >= 11 is 0. The van der Waals surface area contributed by atoms with Gasteiger partial charge in [0, 0.05) is 60.0 Å². The van der Waals surface area contributed by atoms with Crippen LogP contribution in [0.4, 0.5) is 0 Å². The van der Waals surface area contributed by atoms with Gasteiger partial charge in [-0.05, 0) is 42.7 Å². The average Bonchev–Trinajstić information content (AvgIpc) is 2.70. The van der Waals surface area contributed by atoms with E-state index in [1.165, 1.54) is 30.4 Å². The number of rotatable bonds is 6. The van der Waals surface area contributed by atoms with E-state index in [0.29, 0.717) is 0 Å². The summed E-state index contributed by atoms with van der Waals surface area (Å²) in [6, 6.07) is 8.82. The van der Waals surface area contributed by atoms with Gasteiger partial charge in [0.05, 0.1) is 0 Å². The van der Waals surface area contributed by atoms with E-state index in [-0.39, 0.29) is 24.0 Å². The summed E-state index contributed by atoms with van der Waals surface area (Å²) in [5.74, 6) is 1.81. The Bertz CT molecular complexity index is 589. The number of nitrogens with one attached hydrogen (secondary N) is 1. The molecule has 2 heterocycles. The van der Waals surface area contributed by atoms with Crippen LogP contribution in [-0.4, -0.2) is 69.2 Å². The van der Waals surface area contributed by atoms with E-state index in [9.17, 15) is 0 Å². The molecular formula is C21H35IN4O. The van der Waals surface area contributed by atoms with Crippen molar-refractivity contribution in [3.8, 4) is 0 Å². The van der Waals surface area contributed by atoms with Crippen LogP contribution in [0.5, 0.6) is 0 Å². The molecule has 1 aromatic carbocycles. The second kappa shape index (κ2) is 11.9. The van der Waals surface area contributed by atoms with E-state index in [1.807, 2.05) is 7.05 Å². The minimum absolute atomic E-state index is 0. The molecule has 0 amide bonds. The summed E-state index contributed by atoms with van der Waals surface area (Å²) in [4.78, 5) is 9.26. The molecule has 0 saturated carbocycles. The minimum Gasteiger partial charge on any atom is -0.381 e. The number of ether oxygens (including phenoxy) is 1. The number of benzene rings is 1. The van der Waals surface area contributed by atoms with Crippen molar-refractivity contribution in [1.29, 1.82) is 0 Å². The third kappa shape index (κ3) is 6.91. The second-order valence-electron chi connectivity index (χ2n) is 7.53. The van der Waals surface area contributed by atoms with Crippen LogP contribution in [0.3, 0.4) is 0 Å². The van der Waals surface area contributed by atoms with E-state index in [1.54, 1.807) is 0 Å². The van der Waals surface area contributed by atoms with Gasteiger partial charge < -0.3 is 15.0 Å². The van der Waals surface area contributed by atoms with Crippen molar-refractivity contribution in [1.82, 2.24) is 15.1 Å². The number of aliphatic imine (C=N–C) groups is 1. The maximum absolute atomic E-state index is 5.45. The zero-order chi connectivity index (χ0) is 18.2. The van der Waals surface area contributed by atoms with Gasteiger partial charge in [0.15, 0.2) is 5.96 Å². The Morgan fingerprint density at radius 3 is 2.74 bits per heavy atom. The van der Waals surface area contributed by atoms with Crippen LogP contribution >= 0.6 is 24.0 Å². The van der Waals surface area contributed by atoms with Crippen LogP contribution in [0, 0.1) is 5.92 Å². The smallest absolute Gasteiger partial charge is 0.193 e. The van der Waals surface area contributed by atoms with Gasteiger partial charge in [-0.25, -0.2) is 0 Å². The zero-order valence-electron chi connectivity index (χ0n) is 16.8. The van der Waals surface area contributed by atoms with Crippen molar-refractivity contribution >= 4 is 29.9 Å². The monoisotopic (exact) mass is 486 g/mol. The Morgan fingerprint density at radius 2 is 2.00 bits per heavy atom. The highest BCUT2D eigenvalue weighted by Gasteiger charge is 2.17. The van der Waals surface area contributed by atoms with Crippen LogP contribution in [0.1, 0.15) is 30.4 Å². The predicted octanol–water partition coefficient (Wildman–Crippen LogP) is 2.99. The summed E-state index contributed by atoms with van der Waals surface area (Å²) in [6.07, 6.45) is 4.80. The summed E-state index contributed by atoms with van der Waals surface area (Å²) < 4.78 is 5.45. The molecule has 27 heavy (non-hydrogen) atoms. The Kier molecular flexibility index (Phi) is 9.86. The molecule has 152 valence electrons. The molecule has 1 N–H and O–H groups in total. The molecule has 1 aromatic rings. The molecule has 6 heteroatoms. The van der Waals surface area contributed by atoms with Gasteiger partial charge in [0.2, 0.25) is 0 Å². The predicted molar refractivity (Wildman–Crippen MR) is 123 cm³/mol. The van der Waals surface area contributed by atoms with Crippen molar-refractivity contribution in [3.05, 3.63) is 35.4 Å². The molecule has 3 rings (SSSR count). The molecular weight excluding hydrogens is 451 g/mol. The highest BCUT2D eigenvalue weighted by atomic mass is 127. The largest absolute Gasteiger partial charge is 0.381 e. The summed E-state index contributed by atoms with van der Waals surface area (Å²) in [7, 11) is 4.02. The molecule has 0 unspecified atom stereocenters. The van der Waals surface area contributed by atoms with Crippen molar-refractivity contribution in [2.45, 2.75) is 32.2 Å². The number of guanidine groups is 1.